The molecule has 0 atom stereocenters. The molecule has 1 aromatic carbocycles. The number of rotatable bonds is 2. The van der Waals surface area contributed by atoms with Crippen molar-refractivity contribution in [2.24, 2.45) is 5.73 Å². The van der Waals surface area contributed by atoms with Crippen LogP contribution in [0.5, 0.6) is 0 Å². The monoisotopic (exact) mass is 267 g/mol. The van der Waals surface area contributed by atoms with Gasteiger partial charge in [-0.2, -0.15) is 9.78 Å². The number of hydrogen-bond acceptors (Lipinski definition) is 4. The normalized spacial score (nSPS) is 10.8. The highest BCUT2D eigenvalue weighted by molar-refractivity contribution is 5.97. The third-order valence-electron chi connectivity index (χ3n) is 3.20. The molecule has 0 unspecified atom stereocenters. The van der Waals surface area contributed by atoms with Gasteiger partial charge in [-0.1, -0.05) is 18.2 Å². The first-order valence-electron chi connectivity index (χ1n) is 6.08. The summed E-state index contributed by atoms with van der Waals surface area (Å²) in [7, 11) is 0. The fourth-order valence-electron chi connectivity index (χ4n) is 2.17. The summed E-state index contributed by atoms with van der Waals surface area (Å²) in [4.78, 5) is 15.7. The molecular weight excluding hydrogens is 254 g/mol. The van der Waals surface area contributed by atoms with Gasteiger partial charge in [0, 0.05) is 5.39 Å². The summed E-state index contributed by atoms with van der Waals surface area (Å²) in [5.74, 6) is 0.150. The minimum absolute atomic E-state index is 0.192. The number of anilines is 1. The number of para-hydroxylation sites is 1. The number of nitrogens with zero attached hydrogens (tertiary/aromatic N) is 3. The van der Waals surface area contributed by atoms with Crippen molar-refractivity contribution >= 4 is 22.6 Å². The van der Waals surface area contributed by atoms with Crippen molar-refractivity contribution in [2.45, 2.75) is 6.92 Å². The van der Waals surface area contributed by atoms with Crippen LogP contribution in [0.1, 0.15) is 15.9 Å². The Balaban J connectivity index is 2.22. The zero-order valence-corrected chi connectivity index (χ0v) is 10.9. The van der Waals surface area contributed by atoms with Gasteiger partial charge in [-0.3, -0.25) is 4.79 Å². The first-order valence-corrected chi connectivity index (χ1v) is 6.08. The highest BCUT2D eigenvalue weighted by Gasteiger charge is 2.14. The number of fused-ring (bicyclic) bond motifs is 1. The van der Waals surface area contributed by atoms with Gasteiger partial charge in [-0.05, 0) is 24.6 Å². The summed E-state index contributed by atoms with van der Waals surface area (Å²) in [6.07, 6.45) is 1.35. The molecule has 4 N–H and O–H groups in total. The number of amides is 1. The lowest BCUT2D eigenvalue weighted by atomic mass is 10.1. The lowest BCUT2D eigenvalue weighted by molar-refractivity contribution is 0.100. The van der Waals surface area contributed by atoms with Crippen molar-refractivity contribution in [2.75, 3.05) is 5.73 Å². The fraction of sp³-hybridized carbons (Fsp3) is 0.0714. The molecule has 3 rings (SSSR count). The van der Waals surface area contributed by atoms with E-state index in [0.29, 0.717) is 5.82 Å². The molecule has 6 nitrogen and oxygen atoms in total. The van der Waals surface area contributed by atoms with Crippen LogP contribution in [0.2, 0.25) is 0 Å². The summed E-state index contributed by atoms with van der Waals surface area (Å²) >= 11 is 0. The number of carbonyl (C=O) groups is 1. The number of nitrogens with two attached hydrogens (primary N) is 2. The van der Waals surface area contributed by atoms with E-state index in [0.717, 1.165) is 16.5 Å². The third-order valence-corrected chi connectivity index (χ3v) is 3.20. The van der Waals surface area contributed by atoms with Gasteiger partial charge in [0.05, 0.1) is 11.7 Å². The van der Waals surface area contributed by atoms with Gasteiger partial charge >= 0.3 is 0 Å². The second-order valence-corrected chi connectivity index (χ2v) is 4.53. The predicted octanol–water partition coefficient (Wildman–Crippen LogP) is 1.41. The molecule has 0 saturated carbocycles. The van der Waals surface area contributed by atoms with E-state index in [1.165, 1.54) is 10.9 Å². The average molecular weight is 267 g/mol. The van der Waals surface area contributed by atoms with E-state index in [2.05, 4.69) is 10.1 Å². The first kappa shape index (κ1) is 12.2. The Labute approximate surface area is 115 Å². The molecule has 0 saturated heterocycles. The SMILES string of the molecule is Cc1cc(-n2ncc(C(N)=O)c2N)nc2ccccc12. The quantitative estimate of drug-likeness (QED) is 0.733. The summed E-state index contributed by atoms with van der Waals surface area (Å²) < 4.78 is 1.42. The highest BCUT2D eigenvalue weighted by Crippen LogP contribution is 2.21. The van der Waals surface area contributed by atoms with Crippen molar-refractivity contribution in [3.63, 3.8) is 0 Å². The van der Waals surface area contributed by atoms with Gasteiger partial charge < -0.3 is 11.5 Å². The van der Waals surface area contributed by atoms with Crippen LogP contribution in [0.4, 0.5) is 5.82 Å². The van der Waals surface area contributed by atoms with Crippen molar-refractivity contribution in [3.05, 3.63) is 47.7 Å². The van der Waals surface area contributed by atoms with E-state index in [-0.39, 0.29) is 11.4 Å². The second kappa shape index (κ2) is 4.34. The fourth-order valence-corrected chi connectivity index (χ4v) is 2.17. The maximum absolute atomic E-state index is 11.2. The number of aryl methyl sites for hydroxylation is 1. The standard InChI is InChI=1S/C14H13N5O/c1-8-6-12(18-11-5-3-2-4-9(8)11)19-13(15)10(7-17-19)14(16)20/h2-7H,15H2,1H3,(H2,16,20). The summed E-state index contributed by atoms with van der Waals surface area (Å²) in [6.45, 7) is 1.99. The van der Waals surface area contributed by atoms with Crippen LogP contribution in [0.3, 0.4) is 0 Å². The van der Waals surface area contributed by atoms with Gasteiger partial charge in [0.2, 0.25) is 0 Å². The van der Waals surface area contributed by atoms with Gasteiger partial charge in [-0.15, -0.1) is 0 Å². The molecule has 1 amide bonds. The minimum atomic E-state index is -0.605. The Morgan fingerprint density at radius 2 is 2.05 bits per heavy atom. The molecule has 0 fully saturated rings. The number of primary amides is 1. The van der Waals surface area contributed by atoms with E-state index in [1.54, 1.807) is 0 Å². The molecule has 100 valence electrons. The number of carbonyl (C=O) groups excluding carboxylic acids is 1. The predicted molar refractivity (Wildman–Crippen MR) is 76.5 cm³/mol. The molecule has 0 spiro atoms. The highest BCUT2D eigenvalue weighted by atomic mass is 16.1. The van der Waals surface area contributed by atoms with Crippen LogP contribution in [-0.4, -0.2) is 20.7 Å². The van der Waals surface area contributed by atoms with Crippen LogP contribution >= 0.6 is 0 Å². The minimum Gasteiger partial charge on any atom is -0.383 e. The summed E-state index contributed by atoms with van der Waals surface area (Å²) in [5.41, 5.74) is 13.2. The van der Waals surface area contributed by atoms with Crippen molar-refractivity contribution < 1.29 is 4.79 Å². The molecule has 0 aliphatic heterocycles. The number of nitrogen functional groups attached to an aromatic ring is 1. The van der Waals surface area contributed by atoms with E-state index >= 15 is 0 Å². The Morgan fingerprint density at radius 3 is 2.75 bits per heavy atom. The molecule has 3 aromatic rings. The average Bonchev–Trinajstić information content (AvgIpc) is 2.80. The Morgan fingerprint density at radius 1 is 1.30 bits per heavy atom. The van der Waals surface area contributed by atoms with Crippen molar-refractivity contribution in [3.8, 4) is 5.82 Å². The zero-order chi connectivity index (χ0) is 14.3. The van der Waals surface area contributed by atoms with Crippen LogP contribution in [-0.2, 0) is 0 Å². The smallest absolute Gasteiger partial charge is 0.254 e. The van der Waals surface area contributed by atoms with E-state index < -0.39 is 5.91 Å². The molecule has 0 bridgehead atoms. The second-order valence-electron chi connectivity index (χ2n) is 4.53. The molecule has 20 heavy (non-hydrogen) atoms. The first-order chi connectivity index (χ1) is 9.58. The van der Waals surface area contributed by atoms with Gasteiger partial charge in [0.1, 0.15) is 11.4 Å². The Bertz CT molecular complexity index is 822. The molecule has 0 aliphatic carbocycles. The summed E-state index contributed by atoms with van der Waals surface area (Å²) in [5, 5.41) is 5.15. The van der Waals surface area contributed by atoms with Crippen LogP contribution in [0.15, 0.2) is 36.5 Å². The van der Waals surface area contributed by atoms with Crippen molar-refractivity contribution in [1.29, 1.82) is 0 Å². The van der Waals surface area contributed by atoms with Crippen LogP contribution in [0.25, 0.3) is 16.7 Å². The molecular formula is C14H13N5O. The molecule has 0 aliphatic rings. The molecule has 0 radical (unpaired) electrons. The van der Waals surface area contributed by atoms with Gasteiger partial charge in [-0.25, -0.2) is 4.98 Å². The maximum Gasteiger partial charge on any atom is 0.254 e. The van der Waals surface area contributed by atoms with Crippen LogP contribution < -0.4 is 11.5 Å². The van der Waals surface area contributed by atoms with Gasteiger partial charge in [0.15, 0.2) is 5.82 Å². The number of benzene rings is 1. The lowest BCUT2D eigenvalue weighted by Gasteiger charge is -2.07. The summed E-state index contributed by atoms with van der Waals surface area (Å²) in [6, 6.07) is 9.67. The van der Waals surface area contributed by atoms with Gasteiger partial charge in [0.25, 0.3) is 5.91 Å². The maximum atomic E-state index is 11.2. The van der Waals surface area contributed by atoms with E-state index in [4.69, 9.17) is 11.5 Å². The lowest BCUT2D eigenvalue weighted by Crippen LogP contribution is -2.13. The number of aromatic nitrogens is 3. The Hall–Kier alpha value is -2.89. The van der Waals surface area contributed by atoms with E-state index in [1.807, 2.05) is 37.3 Å². The van der Waals surface area contributed by atoms with E-state index in [9.17, 15) is 4.79 Å². The Kier molecular flexibility index (Phi) is 2.64. The molecule has 2 aromatic heterocycles. The zero-order valence-electron chi connectivity index (χ0n) is 10.9. The molecule has 2 heterocycles. The number of pyridine rings is 1. The molecule has 6 heteroatoms. The largest absolute Gasteiger partial charge is 0.383 e. The van der Waals surface area contributed by atoms with Crippen molar-refractivity contribution in [1.82, 2.24) is 14.8 Å². The van der Waals surface area contributed by atoms with Crippen LogP contribution in [0, 0.1) is 6.92 Å². The third kappa shape index (κ3) is 1.78. The topological polar surface area (TPSA) is 99.8 Å². The number of hydrogen-bond donors (Lipinski definition) is 2.